The van der Waals surface area contributed by atoms with Gasteiger partial charge in [0.25, 0.3) is 5.91 Å². The quantitative estimate of drug-likeness (QED) is 0.458. The molecule has 2 N–H and O–H groups in total. The summed E-state index contributed by atoms with van der Waals surface area (Å²) < 4.78 is 37.8. The number of carbonyl (C=O) groups excluding carboxylic acids is 3. The monoisotopic (exact) mass is 519 g/mol. The van der Waals surface area contributed by atoms with Gasteiger partial charge in [-0.15, -0.1) is 0 Å². The van der Waals surface area contributed by atoms with Crippen LogP contribution in [0.25, 0.3) is 0 Å². The van der Waals surface area contributed by atoms with Crippen LogP contribution in [0.4, 0.5) is 8.78 Å². The van der Waals surface area contributed by atoms with Gasteiger partial charge in [-0.1, -0.05) is 0 Å². The number of aromatic nitrogens is 2. The molecule has 1 unspecified atom stereocenters. The highest BCUT2D eigenvalue weighted by Crippen LogP contribution is 2.38. The summed E-state index contributed by atoms with van der Waals surface area (Å²) in [5.74, 6) is -4.67. The van der Waals surface area contributed by atoms with E-state index in [2.05, 4.69) is 15.5 Å². The number of H-pyrrole nitrogens is 1. The Morgan fingerprint density at radius 1 is 1.35 bits per heavy atom. The average Bonchev–Trinajstić information content (AvgIpc) is 3.45. The SMILES string of the molecule is CCOC(=O)CNC(=O)C(CC1CCC(F)(F)CC1)N(Cc1[nH]ncc1C)C(=O)c1cc(C#N)oc1C. The second-order valence-electron chi connectivity index (χ2n) is 9.23. The van der Waals surface area contributed by atoms with Crippen molar-refractivity contribution in [2.75, 3.05) is 13.2 Å². The van der Waals surface area contributed by atoms with Crippen molar-refractivity contribution in [1.29, 1.82) is 5.26 Å². The van der Waals surface area contributed by atoms with Gasteiger partial charge in [0, 0.05) is 18.9 Å². The number of carbonyl (C=O) groups is 3. The van der Waals surface area contributed by atoms with Crippen LogP contribution in [-0.2, 0) is 20.9 Å². The smallest absolute Gasteiger partial charge is 0.325 e. The minimum atomic E-state index is -2.75. The van der Waals surface area contributed by atoms with E-state index >= 15 is 0 Å². The van der Waals surface area contributed by atoms with Crippen molar-refractivity contribution in [2.24, 2.45) is 5.92 Å². The van der Waals surface area contributed by atoms with E-state index in [1.54, 1.807) is 20.0 Å². The molecule has 37 heavy (non-hydrogen) atoms. The molecule has 0 bridgehead atoms. The molecule has 1 saturated carbocycles. The van der Waals surface area contributed by atoms with Crippen LogP contribution in [0.15, 0.2) is 16.7 Å². The van der Waals surface area contributed by atoms with E-state index in [1.165, 1.54) is 17.9 Å². The van der Waals surface area contributed by atoms with Crippen LogP contribution >= 0.6 is 0 Å². The maximum atomic E-state index is 13.8. The third-order valence-corrected chi connectivity index (χ3v) is 6.57. The summed E-state index contributed by atoms with van der Waals surface area (Å²) in [5, 5.41) is 18.6. The number of rotatable bonds is 10. The van der Waals surface area contributed by atoms with Gasteiger partial charge in [0.1, 0.15) is 24.4 Å². The zero-order valence-corrected chi connectivity index (χ0v) is 21.1. The van der Waals surface area contributed by atoms with E-state index in [4.69, 9.17) is 9.15 Å². The molecule has 2 heterocycles. The van der Waals surface area contributed by atoms with Crippen LogP contribution in [0.5, 0.6) is 0 Å². The number of ether oxygens (including phenoxy) is 1. The topological polar surface area (TPSA) is 141 Å². The van der Waals surface area contributed by atoms with Crippen LogP contribution in [0.3, 0.4) is 0 Å². The lowest BCUT2D eigenvalue weighted by atomic mass is 9.82. The fraction of sp³-hybridized carbons (Fsp3) is 0.560. The largest absolute Gasteiger partial charge is 0.465 e. The number of aryl methyl sites for hydroxylation is 2. The molecule has 1 aliphatic carbocycles. The number of hydrogen-bond donors (Lipinski definition) is 2. The summed E-state index contributed by atoms with van der Waals surface area (Å²) >= 11 is 0. The van der Waals surface area contributed by atoms with Gasteiger partial charge in [-0.05, 0) is 51.5 Å². The lowest BCUT2D eigenvalue weighted by Crippen LogP contribution is -2.51. The fourth-order valence-electron chi connectivity index (χ4n) is 4.45. The number of amides is 2. The first-order chi connectivity index (χ1) is 17.5. The number of alkyl halides is 2. The first kappa shape index (κ1) is 27.8. The zero-order chi connectivity index (χ0) is 27.2. The number of halogens is 2. The van der Waals surface area contributed by atoms with E-state index in [1.807, 2.05) is 6.07 Å². The van der Waals surface area contributed by atoms with Gasteiger partial charge in [-0.2, -0.15) is 10.4 Å². The standard InChI is InChI=1S/C25H31F2N5O5/c1-4-36-22(33)13-29-23(34)21(9-17-5-7-25(26,27)8-6-17)32(14-20-15(2)12-30-31-20)24(35)19-10-18(11-28)37-16(19)3/h10,12,17,21H,4-9,13-14H2,1-3H3,(H,29,34)(H,30,31). The van der Waals surface area contributed by atoms with Crippen molar-refractivity contribution < 1.29 is 32.3 Å². The van der Waals surface area contributed by atoms with Gasteiger partial charge in [0.2, 0.25) is 17.6 Å². The summed E-state index contributed by atoms with van der Waals surface area (Å²) in [6, 6.07) is 2.06. The molecule has 200 valence electrons. The van der Waals surface area contributed by atoms with E-state index in [-0.39, 0.29) is 68.3 Å². The van der Waals surface area contributed by atoms with Gasteiger partial charge in [0.05, 0.1) is 30.6 Å². The summed E-state index contributed by atoms with van der Waals surface area (Å²) in [4.78, 5) is 40.4. The number of hydrogen-bond acceptors (Lipinski definition) is 7. The maximum absolute atomic E-state index is 13.8. The minimum Gasteiger partial charge on any atom is -0.465 e. The Bertz CT molecular complexity index is 1160. The maximum Gasteiger partial charge on any atom is 0.325 e. The summed E-state index contributed by atoms with van der Waals surface area (Å²) in [6.45, 7) is 4.65. The molecule has 2 aromatic rings. The van der Waals surface area contributed by atoms with Crippen LogP contribution in [0.1, 0.15) is 72.2 Å². The third-order valence-electron chi connectivity index (χ3n) is 6.57. The van der Waals surface area contributed by atoms with E-state index in [0.29, 0.717) is 5.69 Å². The number of esters is 1. The fourth-order valence-corrected chi connectivity index (χ4v) is 4.45. The number of nitrogens with one attached hydrogen (secondary N) is 2. The third kappa shape index (κ3) is 7.15. The van der Waals surface area contributed by atoms with E-state index < -0.39 is 36.3 Å². The van der Waals surface area contributed by atoms with Gasteiger partial charge < -0.3 is 19.4 Å². The van der Waals surface area contributed by atoms with E-state index in [9.17, 15) is 28.4 Å². The number of furan rings is 1. The Labute approximate surface area is 213 Å². The van der Waals surface area contributed by atoms with Crippen molar-refractivity contribution in [3.8, 4) is 6.07 Å². The Morgan fingerprint density at radius 2 is 2.05 bits per heavy atom. The molecule has 2 aromatic heterocycles. The first-order valence-electron chi connectivity index (χ1n) is 12.2. The first-order valence-corrected chi connectivity index (χ1v) is 12.2. The highest BCUT2D eigenvalue weighted by Gasteiger charge is 2.39. The van der Waals surface area contributed by atoms with Crippen molar-refractivity contribution >= 4 is 17.8 Å². The van der Waals surface area contributed by atoms with Gasteiger partial charge in [0.15, 0.2) is 0 Å². The molecule has 0 saturated heterocycles. The van der Waals surface area contributed by atoms with Crippen LogP contribution in [0.2, 0.25) is 0 Å². The predicted molar refractivity (Wildman–Crippen MR) is 126 cm³/mol. The Morgan fingerprint density at radius 3 is 2.62 bits per heavy atom. The van der Waals surface area contributed by atoms with Crippen LogP contribution in [0, 0.1) is 31.1 Å². The zero-order valence-electron chi connectivity index (χ0n) is 21.1. The molecule has 0 aromatic carbocycles. The van der Waals surface area contributed by atoms with Crippen molar-refractivity contribution in [2.45, 2.75) is 71.4 Å². The normalized spacial score (nSPS) is 16.0. The lowest BCUT2D eigenvalue weighted by Gasteiger charge is -2.35. The Hall–Kier alpha value is -3.75. The van der Waals surface area contributed by atoms with E-state index in [0.717, 1.165) is 5.56 Å². The van der Waals surface area contributed by atoms with Crippen molar-refractivity contribution in [1.82, 2.24) is 20.4 Å². The summed E-state index contributed by atoms with van der Waals surface area (Å²) in [6.07, 6.45) is 1.50. The summed E-state index contributed by atoms with van der Waals surface area (Å²) in [7, 11) is 0. The van der Waals surface area contributed by atoms with Crippen LogP contribution < -0.4 is 5.32 Å². The predicted octanol–water partition coefficient (Wildman–Crippen LogP) is 3.40. The molecule has 10 nitrogen and oxygen atoms in total. The molecule has 2 amide bonds. The molecular weight excluding hydrogens is 488 g/mol. The molecule has 0 radical (unpaired) electrons. The lowest BCUT2D eigenvalue weighted by molar-refractivity contribution is -0.144. The van der Waals surface area contributed by atoms with Gasteiger partial charge in [-0.25, -0.2) is 8.78 Å². The minimum absolute atomic E-state index is 0.0441. The Kier molecular flexibility index (Phi) is 9.02. The van der Waals surface area contributed by atoms with Crippen molar-refractivity contribution in [3.05, 3.63) is 40.6 Å². The van der Waals surface area contributed by atoms with Crippen molar-refractivity contribution in [3.63, 3.8) is 0 Å². The molecule has 0 aliphatic heterocycles. The second-order valence-corrected chi connectivity index (χ2v) is 9.23. The molecular formula is C25H31F2N5O5. The Balaban J connectivity index is 1.96. The number of nitrogens with zero attached hydrogens (tertiary/aromatic N) is 3. The second kappa shape index (κ2) is 12.0. The highest BCUT2D eigenvalue weighted by atomic mass is 19.3. The molecule has 12 heteroatoms. The molecule has 0 spiro atoms. The molecule has 1 atom stereocenters. The van der Waals surface area contributed by atoms with Gasteiger partial charge >= 0.3 is 5.97 Å². The molecule has 3 rings (SSSR count). The number of nitriles is 1. The average molecular weight is 520 g/mol. The molecule has 1 fully saturated rings. The highest BCUT2D eigenvalue weighted by molar-refractivity contribution is 5.99. The van der Waals surface area contributed by atoms with Crippen LogP contribution in [-0.4, -0.2) is 58.0 Å². The molecule has 1 aliphatic rings. The summed E-state index contributed by atoms with van der Waals surface area (Å²) in [5.41, 5.74) is 1.43. The number of aromatic amines is 1. The van der Waals surface area contributed by atoms with Gasteiger partial charge in [-0.3, -0.25) is 19.5 Å².